The van der Waals surface area contributed by atoms with Crippen LogP contribution in [0.1, 0.15) is 142 Å². The molecule has 0 aromatic rings. The lowest BCUT2D eigenvalue weighted by molar-refractivity contribution is -0.305. The third-order valence-electron chi connectivity index (χ3n) is 8.12. The summed E-state index contributed by atoms with van der Waals surface area (Å²) >= 11 is 0. The molecule has 0 aromatic carbocycles. The fourth-order valence-corrected chi connectivity index (χ4v) is 5.28. The van der Waals surface area contributed by atoms with Gasteiger partial charge in [0.25, 0.3) is 0 Å². The van der Waals surface area contributed by atoms with Gasteiger partial charge in [-0.05, 0) is 38.5 Å². The highest BCUT2D eigenvalue weighted by molar-refractivity contribution is 5.70. The van der Waals surface area contributed by atoms with Gasteiger partial charge in [-0.25, -0.2) is 0 Å². The van der Waals surface area contributed by atoms with Crippen molar-refractivity contribution < 1.29 is 49.0 Å². The Morgan fingerprint density at radius 1 is 0.667 bits per heavy atom. The van der Waals surface area contributed by atoms with E-state index in [2.05, 4.69) is 19.1 Å². The van der Waals surface area contributed by atoms with Crippen LogP contribution >= 0.6 is 0 Å². The summed E-state index contributed by atoms with van der Waals surface area (Å²) in [6.45, 7) is 3.01. The Balaban J connectivity index is 2.19. The zero-order valence-corrected chi connectivity index (χ0v) is 28.1. The number of carbonyl (C=O) groups excluding carboxylic acids is 2. The fourth-order valence-electron chi connectivity index (χ4n) is 5.28. The Morgan fingerprint density at radius 2 is 1.22 bits per heavy atom. The molecule has 0 bridgehead atoms. The highest BCUT2D eigenvalue weighted by Crippen LogP contribution is 2.22. The van der Waals surface area contributed by atoms with Crippen LogP contribution in [-0.4, -0.2) is 89.0 Å². The first-order valence-corrected chi connectivity index (χ1v) is 17.8. The van der Waals surface area contributed by atoms with Gasteiger partial charge < -0.3 is 39.4 Å². The molecule has 0 aliphatic carbocycles. The molecule has 45 heavy (non-hydrogen) atoms. The molecule has 0 radical (unpaired) electrons. The predicted molar refractivity (Wildman–Crippen MR) is 173 cm³/mol. The summed E-state index contributed by atoms with van der Waals surface area (Å²) < 4.78 is 21.6. The maximum Gasteiger partial charge on any atom is 0.306 e. The van der Waals surface area contributed by atoms with Crippen LogP contribution < -0.4 is 0 Å². The summed E-state index contributed by atoms with van der Waals surface area (Å²) in [6.07, 6.45) is 18.3. The van der Waals surface area contributed by atoms with Crippen molar-refractivity contribution in [2.45, 2.75) is 179 Å². The van der Waals surface area contributed by atoms with Crippen molar-refractivity contribution in [3.05, 3.63) is 12.2 Å². The van der Waals surface area contributed by atoms with Crippen LogP contribution in [0.2, 0.25) is 0 Å². The number of hydrogen-bond donors (Lipinski definition) is 4. The SMILES string of the molecule is CCCCCCCC/C=C\CCCCCCCCCCCC(=O)OC(COC(=O)CCC)COC1OC(CO)C(O)C(O)C1O. The van der Waals surface area contributed by atoms with Gasteiger partial charge in [-0.1, -0.05) is 103 Å². The van der Waals surface area contributed by atoms with Gasteiger partial charge in [-0.2, -0.15) is 0 Å². The number of aliphatic hydroxyl groups is 4. The third kappa shape index (κ3) is 20.3. The Hall–Kier alpha value is -1.56. The highest BCUT2D eigenvalue weighted by Gasteiger charge is 2.44. The lowest BCUT2D eigenvalue weighted by Crippen LogP contribution is -2.59. The smallest absolute Gasteiger partial charge is 0.306 e. The van der Waals surface area contributed by atoms with Crippen LogP contribution in [0.3, 0.4) is 0 Å². The van der Waals surface area contributed by atoms with E-state index in [9.17, 15) is 30.0 Å². The molecule has 1 heterocycles. The number of rotatable bonds is 28. The number of esters is 2. The largest absolute Gasteiger partial charge is 0.462 e. The van der Waals surface area contributed by atoms with Gasteiger partial charge in [-0.3, -0.25) is 9.59 Å². The molecule has 264 valence electrons. The Kier molecular flexibility index (Phi) is 25.4. The molecule has 1 rings (SSSR count). The topological polar surface area (TPSA) is 152 Å². The molecule has 1 aliphatic rings. The number of allylic oxidation sites excluding steroid dienone is 2. The maximum absolute atomic E-state index is 12.5. The van der Waals surface area contributed by atoms with Gasteiger partial charge in [0.2, 0.25) is 0 Å². The van der Waals surface area contributed by atoms with E-state index in [1.54, 1.807) is 0 Å². The average Bonchev–Trinajstić information content (AvgIpc) is 3.03. The third-order valence-corrected chi connectivity index (χ3v) is 8.12. The van der Waals surface area contributed by atoms with Crippen molar-refractivity contribution in [2.24, 2.45) is 0 Å². The minimum atomic E-state index is -1.59. The van der Waals surface area contributed by atoms with Crippen molar-refractivity contribution in [2.75, 3.05) is 19.8 Å². The fraction of sp³-hybridized carbons (Fsp3) is 0.886. The Bertz CT molecular complexity index is 759. The molecule has 4 N–H and O–H groups in total. The van der Waals surface area contributed by atoms with E-state index in [1.165, 1.54) is 83.5 Å². The van der Waals surface area contributed by atoms with Gasteiger partial charge in [0, 0.05) is 12.8 Å². The van der Waals surface area contributed by atoms with Crippen LogP contribution in [-0.2, 0) is 28.5 Å². The second-order valence-electron chi connectivity index (χ2n) is 12.3. The average molecular weight is 645 g/mol. The second kappa shape index (κ2) is 27.5. The van der Waals surface area contributed by atoms with Crippen molar-refractivity contribution in [1.29, 1.82) is 0 Å². The summed E-state index contributed by atoms with van der Waals surface area (Å²) in [7, 11) is 0. The number of hydrogen-bond acceptors (Lipinski definition) is 10. The number of unbranched alkanes of at least 4 members (excludes halogenated alkanes) is 15. The molecule has 0 aromatic heterocycles. The predicted octanol–water partition coefficient (Wildman–Crippen LogP) is 5.66. The van der Waals surface area contributed by atoms with Crippen molar-refractivity contribution >= 4 is 11.9 Å². The van der Waals surface area contributed by atoms with Crippen LogP contribution in [0.15, 0.2) is 12.2 Å². The van der Waals surface area contributed by atoms with Crippen molar-refractivity contribution in [3.63, 3.8) is 0 Å². The molecule has 0 amide bonds. The summed E-state index contributed by atoms with van der Waals surface area (Å²) in [5.41, 5.74) is 0. The lowest BCUT2D eigenvalue weighted by Gasteiger charge is -2.39. The zero-order chi connectivity index (χ0) is 33.1. The molecule has 1 saturated heterocycles. The summed E-state index contributed by atoms with van der Waals surface area (Å²) in [5.74, 6) is -0.869. The van der Waals surface area contributed by atoms with Crippen LogP contribution in [0.25, 0.3) is 0 Å². The molecule has 1 fully saturated rings. The first-order valence-electron chi connectivity index (χ1n) is 17.8. The monoisotopic (exact) mass is 644 g/mol. The Morgan fingerprint density at radius 3 is 1.78 bits per heavy atom. The molecule has 0 saturated carbocycles. The minimum absolute atomic E-state index is 0.225. The molecular formula is C35H64O10. The molecule has 10 heteroatoms. The molecule has 1 aliphatic heterocycles. The summed E-state index contributed by atoms with van der Waals surface area (Å²) in [5, 5.41) is 39.5. The highest BCUT2D eigenvalue weighted by atomic mass is 16.7. The van der Waals surface area contributed by atoms with Gasteiger partial charge in [0.15, 0.2) is 12.4 Å². The molecular weight excluding hydrogens is 580 g/mol. The maximum atomic E-state index is 12.5. The Labute approximate surface area is 271 Å². The van der Waals surface area contributed by atoms with E-state index in [1.807, 2.05) is 6.92 Å². The first-order chi connectivity index (χ1) is 21.8. The van der Waals surface area contributed by atoms with Gasteiger partial charge in [0.1, 0.15) is 31.0 Å². The van der Waals surface area contributed by atoms with E-state index < -0.39 is 55.4 Å². The van der Waals surface area contributed by atoms with Crippen molar-refractivity contribution in [1.82, 2.24) is 0 Å². The van der Waals surface area contributed by atoms with Gasteiger partial charge >= 0.3 is 11.9 Å². The van der Waals surface area contributed by atoms with E-state index in [4.69, 9.17) is 18.9 Å². The van der Waals surface area contributed by atoms with Crippen LogP contribution in [0, 0.1) is 0 Å². The number of aliphatic hydroxyl groups excluding tert-OH is 4. The summed E-state index contributed by atoms with van der Waals surface area (Å²) in [4.78, 5) is 24.4. The van der Waals surface area contributed by atoms with Crippen LogP contribution in [0.5, 0.6) is 0 Å². The lowest BCUT2D eigenvalue weighted by atomic mass is 9.99. The van der Waals surface area contributed by atoms with Crippen molar-refractivity contribution in [3.8, 4) is 0 Å². The van der Waals surface area contributed by atoms with E-state index >= 15 is 0 Å². The van der Waals surface area contributed by atoms with Gasteiger partial charge in [0.05, 0.1) is 13.2 Å². The van der Waals surface area contributed by atoms with Gasteiger partial charge in [-0.15, -0.1) is 0 Å². The first kappa shape index (κ1) is 41.5. The van der Waals surface area contributed by atoms with E-state index in [0.29, 0.717) is 12.8 Å². The van der Waals surface area contributed by atoms with E-state index in [0.717, 1.165) is 19.3 Å². The van der Waals surface area contributed by atoms with E-state index in [-0.39, 0.29) is 26.1 Å². The minimum Gasteiger partial charge on any atom is -0.462 e. The molecule has 6 atom stereocenters. The quantitative estimate of drug-likeness (QED) is 0.0477. The number of ether oxygens (including phenoxy) is 4. The normalized spacial score (nSPS) is 22.5. The summed E-state index contributed by atoms with van der Waals surface area (Å²) in [6, 6.07) is 0. The molecule has 0 spiro atoms. The van der Waals surface area contributed by atoms with Crippen LogP contribution in [0.4, 0.5) is 0 Å². The standard InChI is InChI=1S/C35H64O10/c1-3-5-6-7-8-9-10-11-12-13-14-15-16-17-18-19-20-21-22-24-31(38)44-28(26-42-30(37)23-4-2)27-43-35-34(41)33(40)32(39)29(25-36)45-35/h11-12,28-29,32-36,39-41H,3-10,13-27H2,1-2H3/b12-11-. The second-order valence-corrected chi connectivity index (χ2v) is 12.3. The number of carbonyl (C=O) groups is 2. The zero-order valence-electron chi connectivity index (χ0n) is 28.1. The molecule has 10 nitrogen and oxygen atoms in total. The molecule has 6 unspecified atom stereocenters.